The van der Waals surface area contributed by atoms with Crippen molar-refractivity contribution in [1.29, 1.82) is 0 Å². The van der Waals surface area contributed by atoms with Crippen molar-refractivity contribution < 1.29 is 13.2 Å². The minimum atomic E-state index is -3.48. The lowest BCUT2D eigenvalue weighted by Crippen LogP contribution is -2.42. The standard InChI is InChI=1S/C20H32ClN3O3S2/c1-16(20(25)22-10-5-13-23-11-3-2-4-12-23)17-8-14-24(15-9-17)29(26,27)19-7-6-18(21)28-19/h6-7,16-17H,2-5,8-15H2,1H3,(H,22,25)/t16-/m1/s1. The van der Waals surface area contributed by atoms with Crippen molar-refractivity contribution in [2.45, 2.75) is 49.7 Å². The molecule has 6 nitrogen and oxygen atoms in total. The first kappa shape index (κ1) is 23.0. The predicted octanol–water partition coefficient (Wildman–Crippen LogP) is 3.43. The summed E-state index contributed by atoms with van der Waals surface area (Å²) < 4.78 is 27.7. The van der Waals surface area contributed by atoms with Crippen molar-refractivity contribution in [2.75, 3.05) is 39.3 Å². The minimum absolute atomic E-state index is 0.0916. The number of amides is 1. The Bertz CT molecular complexity index is 770. The Morgan fingerprint density at radius 1 is 1.21 bits per heavy atom. The molecule has 164 valence electrons. The van der Waals surface area contributed by atoms with Gasteiger partial charge in [0.2, 0.25) is 5.91 Å². The molecule has 29 heavy (non-hydrogen) atoms. The Hall–Kier alpha value is -0.670. The van der Waals surface area contributed by atoms with Crippen LogP contribution in [-0.2, 0) is 14.8 Å². The van der Waals surface area contributed by atoms with Crippen LogP contribution in [0.3, 0.4) is 0 Å². The van der Waals surface area contributed by atoms with Gasteiger partial charge >= 0.3 is 0 Å². The molecule has 3 rings (SSSR count). The first-order valence-corrected chi connectivity index (χ1v) is 13.3. The zero-order chi connectivity index (χ0) is 20.9. The Morgan fingerprint density at radius 2 is 1.90 bits per heavy atom. The molecule has 1 atom stereocenters. The molecule has 2 aliphatic rings. The molecule has 0 unspecified atom stereocenters. The summed E-state index contributed by atoms with van der Waals surface area (Å²) in [5, 5.41) is 3.08. The van der Waals surface area contributed by atoms with Crippen LogP contribution < -0.4 is 5.32 Å². The molecule has 1 aromatic heterocycles. The summed E-state index contributed by atoms with van der Waals surface area (Å²) in [7, 11) is -3.48. The number of carbonyl (C=O) groups excluding carboxylic acids is 1. The molecule has 2 saturated heterocycles. The second-order valence-corrected chi connectivity index (χ2v) is 12.0. The maximum absolute atomic E-state index is 12.7. The predicted molar refractivity (Wildman–Crippen MR) is 118 cm³/mol. The zero-order valence-corrected chi connectivity index (χ0v) is 19.5. The van der Waals surface area contributed by atoms with Crippen LogP contribution in [0.25, 0.3) is 0 Å². The fourth-order valence-electron chi connectivity index (χ4n) is 4.25. The number of halogens is 1. The Morgan fingerprint density at radius 3 is 2.52 bits per heavy atom. The molecule has 1 N–H and O–H groups in total. The van der Waals surface area contributed by atoms with Gasteiger partial charge in [-0.3, -0.25) is 4.79 Å². The van der Waals surface area contributed by atoms with Crippen molar-refractivity contribution >= 4 is 38.9 Å². The van der Waals surface area contributed by atoms with Crippen molar-refractivity contribution in [3.05, 3.63) is 16.5 Å². The monoisotopic (exact) mass is 461 g/mol. The second-order valence-electron chi connectivity index (χ2n) is 8.14. The molecule has 2 aliphatic heterocycles. The van der Waals surface area contributed by atoms with Crippen LogP contribution in [0.5, 0.6) is 0 Å². The maximum atomic E-state index is 12.7. The van der Waals surface area contributed by atoms with E-state index < -0.39 is 10.0 Å². The van der Waals surface area contributed by atoms with Gasteiger partial charge in [-0.25, -0.2) is 8.42 Å². The minimum Gasteiger partial charge on any atom is -0.356 e. The SMILES string of the molecule is C[C@@H](C(=O)NCCCN1CCCCC1)C1CCN(S(=O)(=O)c2ccc(Cl)s2)CC1. The normalized spacial score (nSPS) is 21.2. The highest BCUT2D eigenvalue weighted by molar-refractivity contribution is 7.91. The highest BCUT2D eigenvalue weighted by Gasteiger charge is 2.34. The Labute approximate surface area is 183 Å². The molecule has 0 aliphatic carbocycles. The van der Waals surface area contributed by atoms with Gasteiger partial charge in [-0.1, -0.05) is 24.9 Å². The number of hydrogen-bond donors (Lipinski definition) is 1. The molecular formula is C20H32ClN3O3S2. The molecule has 0 saturated carbocycles. The number of piperidine rings is 2. The number of carbonyl (C=O) groups is 1. The van der Waals surface area contributed by atoms with Gasteiger partial charge in [0.1, 0.15) is 4.21 Å². The lowest BCUT2D eigenvalue weighted by Gasteiger charge is -2.33. The quantitative estimate of drug-likeness (QED) is 0.602. The van der Waals surface area contributed by atoms with Crippen molar-refractivity contribution in [3.8, 4) is 0 Å². The van der Waals surface area contributed by atoms with Gasteiger partial charge in [0.25, 0.3) is 10.0 Å². The van der Waals surface area contributed by atoms with E-state index in [0.29, 0.717) is 41.0 Å². The van der Waals surface area contributed by atoms with Gasteiger partial charge in [-0.05, 0) is 69.8 Å². The van der Waals surface area contributed by atoms with Gasteiger partial charge in [-0.15, -0.1) is 11.3 Å². The summed E-state index contributed by atoms with van der Waals surface area (Å²) in [5.41, 5.74) is 0. The summed E-state index contributed by atoms with van der Waals surface area (Å²) in [6.07, 6.45) is 6.32. The van der Waals surface area contributed by atoms with Gasteiger partial charge < -0.3 is 10.2 Å². The van der Waals surface area contributed by atoms with E-state index in [0.717, 1.165) is 24.3 Å². The van der Waals surface area contributed by atoms with Crippen LogP contribution in [0.4, 0.5) is 0 Å². The molecule has 2 fully saturated rings. The van der Waals surface area contributed by atoms with E-state index in [1.54, 1.807) is 12.1 Å². The summed E-state index contributed by atoms with van der Waals surface area (Å²) in [4.78, 5) is 15.0. The highest BCUT2D eigenvalue weighted by Crippen LogP contribution is 2.32. The smallest absolute Gasteiger partial charge is 0.252 e. The fourth-order valence-corrected chi connectivity index (χ4v) is 7.36. The molecule has 0 radical (unpaired) electrons. The van der Waals surface area contributed by atoms with Gasteiger partial charge in [0, 0.05) is 25.6 Å². The van der Waals surface area contributed by atoms with E-state index >= 15 is 0 Å². The van der Waals surface area contributed by atoms with Crippen LogP contribution in [0.2, 0.25) is 4.34 Å². The number of rotatable bonds is 8. The number of nitrogens with one attached hydrogen (secondary N) is 1. The van der Waals surface area contributed by atoms with E-state index in [1.165, 1.54) is 36.7 Å². The Kier molecular flexibility index (Phi) is 8.39. The lowest BCUT2D eigenvalue weighted by molar-refractivity contribution is -0.126. The third-order valence-corrected chi connectivity index (χ3v) is 9.76. The number of thiophene rings is 1. The third-order valence-electron chi connectivity index (χ3n) is 6.16. The van der Waals surface area contributed by atoms with Crippen LogP contribution >= 0.6 is 22.9 Å². The highest BCUT2D eigenvalue weighted by atomic mass is 35.5. The zero-order valence-electron chi connectivity index (χ0n) is 17.1. The molecule has 9 heteroatoms. The molecule has 1 amide bonds. The van der Waals surface area contributed by atoms with Gasteiger partial charge in [0.05, 0.1) is 4.34 Å². The number of nitrogens with zero attached hydrogens (tertiary/aromatic N) is 2. The number of hydrogen-bond acceptors (Lipinski definition) is 5. The van der Waals surface area contributed by atoms with Crippen LogP contribution in [0, 0.1) is 11.8 Å². The number of sulfonamides is 1. The van der Waals surface area contributed by atoms with Crippen molar-refractivity contribution in [2.24, 2.45) is 11.8 Å². The average molecular weight is 462 g/mol. The van der Waals surface area contributed by atoms with Crippen LogP contribution in [0.1, 0.15) is 45.4 Å². The first-order chi connectivity index (χ1) is 13.9. The summed E-state index contributed by atoms with van der Waals surface area (Å²) >= 11 is 6.98. The van der Waals surface area contributed by atoms with E-state index in [2.05, 4.69) is 10.2 Å². The number of likely N-dealkylation sites (tertiary alicyclic amines) is 1. The van der Waals surface area contributed by atoms with E-state index in [9.17, 15) is 13.2 Å². The largest absolute Gasteiger partial charge is 0.356 e. The second kappa shape index (κ2) is 10.6. The van der Waals surface area contributed by atoms with Crippen LogP contribution in [0.15, 0.2) is 16.3 Å². The molecule has 0 spiro atoms. The van der Waals surface area contributed by atoms with E-state index in [4.69, 9.17) is 11.6 Å². The molecule has 3 heterocycles. The van der Waals surface area contributed by atoms with Gasteiger partial charge in [-0.2, -0.15) is 4.31 Å². The lowest BCUT2D eigenvalue weighted by atomic mass is 9.85. The van der Waals surface area contributed by atoms with E-state index in [-0.39, 0.29) is 17.7 Å². The molecule has 0 aromatic carbocycles. The van der Waals surface area contributed by atoms with Gasteiger partial charge in [0.15, 0.2) is 0 Å². The maximum Gasteiger partial charge on any atom is 0.252 e. The third kappa shape index (κ3) is 6.17. The molecular weight excluding hydrogens is 430 g/mol. The van der Waals surface area contributed by atoms with Crippen molar-refractivity contribution in [1.82, 2.24) is 14.5 Å². The first-order valence-electron chi connectivity index (χ1n) is 10.6. The van der Waals surface area contributed by atoms with Crippen molar-refractivity contribution in [3.63, 3.8) is 0 Å². The molecule has 1 aromatic rings. The average Bonchev–Trinajstić information content (AvgIpc) is 3.18. The van der Waals surface area contributed by atoms with E-state index in [1.807, 2.05) is 6.92 Å². The summed E-state index contributed by atoms with van der Waals surface area (Å²) in [6.45, 7) is 7.01. The van der Waals surface area contributed by atoms with Crippen LogP contribution in [-0.4, -0.2) is 62.8 Å². The fraction of sp³-hybridized carbons (Fsp3) is 0.750. The Balaban J connectivity index is 1.39. The molecule has 0 bridgehead atoms. The summed E-state index contributed by atoms with van der Waals surface area (Å²) in [6, 6.07) is 3.18. The topological polar surface area (TPSA) is 69.7 Å². The summed E-state index contributed by atoms with van der Waals surface area (Å²) in [5.74, 6) is 0.219.